The summed E-state index contributed by atoms with van der Waals surface area (Å²) in [4.78, 5) is 0. The van der Waals surface area contributed by atoms with Crippen molar-refractivity contribution in [3.8, 4) is 11.5 Å². The molecule has 1 aromatic heterocycles. The highest BCUT2D eigenvalue weighted by Gasteiger charge is 2.09. The SMILES string of the molecule is COc1ccc(Nc2nn(C)cc2N)c(OC)c1. The third-order valence-corrected chi connectivity index (χ3v) is 2.52. The number of nitrogens with zero attached hydrogens (tertiary/aromatic N) is 2. The zero-order chi connectivity index (χ0) is 13.1. The summed E-state index contributed by atoms with van der Waals surface area (Å²) in [6, 6.07) is 5.48. The maximum atomic E-state index is 5.83. The van der Waals surface area contributed by atoms with Gasteiger partial charge in [0, 0.05) is 19.3 Å². The molecule has 2 rings (SSSR count). The van der Waals surface area contributed by atoms with Gasteiger partial charge in [-0.05, 0) is 12.1 Å². The number of nitrogens with two attached hydrogens (primary N) is 1. The lowest BCUT2D eigenvalue weighted by Crippen LogP contribution is -1.98. The van der Waals surface area contributed by atoms with E-state index in [0.717, 1.165) is 11.4 Å². The third-order valence-electron chi connectivity index (χ3n) is 2.52. The monoisotopic (exact) mass is 248 g/mol. The van der Waals surface area contributed by atoms with E-state index in [1.807, 2.05) is 19.2 Å². The molecule has 3 N–H and O–H groups in total. The number of rotatable bonds is 4. The number of nitrogens with one attached hydrogen (secondary N) is 1. The predicted molar refractivity (Wildman–Crippen MR) is 70.4 cm³/mol. The molecule has 0 aliphatic carbocycles. The number of anilines is 3. The normalized spacial score (nSPS) is 10.2. The molecule has 1 heterocycles. The van der Waals surface area contributed by atoms with Crippen LogP contribution in [0.15, 0.2) is 24.4 Å². The maximum Gasteiger partial charge on any atom is 0.175 e. The molecular formula is C12H16N4O2. The van der Waals surface area contributed by atoms with E-state index in [9.17, 15) is 0 Å². The zero-order valence-electron chi connectivity index (χ0n) is 10.6. The van der Waals surface area contributed by atoms with Gasteiger partial charge in [-0.1, -0.05) is 0 Å². The number of benzene rings is 1. The summed E-state index contributed by atoms with van der Waals surface area (Å²) in [6.45, 7) is 0. The van der Waals surface area contributed by atoms with Gasteiger partial charge in [-0.3, -0.25) is 4.68 Å². The van der Waals surface area contributed by atoms with Gasteiger partial charge >= 0.3 is 0 Å². The van der Waals surface area contributed by atoms with Crippen LogP contribution >= 0.6 is 0 Å². The topological polar surface area (TPSA) is 74.3 Å². The average molecular weight is 248 g/mol. The molecule has 0 saturated carbocycles. The molecule has 0 amide bonds. The Kier molecular flexibility index (Phi) is 3.27. The van der Waals surface area contributed by atoms with Crippen LogP contribution in [0.4, 0.5) is 17.2 Å². The fourth-order valence-corrected chi connectivity index (χ4v) is 1.63. The van der Waals surface area contributed by atoms with Crippen LogP contribution in [0.5, 0.6) is 11.5 Å². The molecule has 0 spiro atoms. The summed E-state index contributed by atoms with van der Waals surface area (Å²) < 4.78 is 12.1. The number of hydrogen-bond acceptors (Lipinski definition) is 5. The van der Waals surface area contributed by atoms with Crippen molar-refractivity contribution >= 4 is 17.2 Å². The molecule has 0 bridgehead atoms. The van der Waals surface area contributed by atoms with E-state index in [1.165, 1.54) is 0 Å². The summed E-state index contributed by atoms with van der Waals surface area (Å²) in [6.07, 6.45) is 1.73. The molecule has 0 radical (unpaired) electrons. The molecule has 0 atom stereocenters. The second kappa shape index (κ2) is 4.87. The fraction of sp³-hybridized carbons (Fsp3) is 0.250. The van der Waals surface area contributed by atoms with E-state index >= 15 is 0 Å². The summed E-state index contributed by atoms with van der Waals surface area (Å²) >= 11 is 0. The molecule has 0 saturated heterocycles. The highest BCUT2D eigenvalue weighted by atomic mass is 16.5. The van der Waals surface area contributed by atoms with Crippen molar-refractivity contribution < 1.29 is 9.47 Å². The van der Waals surface area contributed by atoms with Crippen molar-refractivity contribution in [3.05, 3.63) is 24.4 Å². The lowest BCUT2D eigenvalue weighted by Gasteiger charge is -2.11. The van der Waals surface area contributed by atoms with Crippen LogP contribution in [0.1, 0.15) is 0 Å². The first-order chi connectivity index (χ1) is 8.63. The Hall–Kier alpha value is -2.37. The molecule has 0 aliphatic heterocycles. The van der Waals surface area contributed by atoms with Gasteiger partial charge in [0.25, 0.3) is 0 Å². The second-order valence-electron chi connectivity index (χ2n) is 3.80. The number of hydrogen-bond donors (Lipinski definition) is 2. The Balaban J connectivity index is 2.31. The Morgan fingerprint density at radius 2 is 2.06 bits per heavy atom. The van der Waals surface area contributed by atoms with Gasteiger partial charge in [0.1, 0.15) is 11.5 Å². The standard InChI is InChI=1S/C12H16N4O2/c1-16-7-9(13)12(15-16)14-10-5-4-8(17-2)6-11(10)18-3/h4-7H,13H2,1-3H3,(H,14,15). The molecule has 1 aromatic carbocycles. The molecule has 0 aliphatic rings. The van der Waals surface area contributed by atoms with E-state index < -0.39 is 0 Å². The van der Waals surface area contributed by atoms with E-state index in [2.05, 4.69) is 10.4 Å². The van der Waals surface area contributed by atoms with E-state index in [-0.39, 0.29) is 0 Å². The lowest BCUT2D eigenvalue weighted by atomic mass is 10.2. The van der Waals surface area contributed by atoms with Gasteiger partial charge in [0.2, 0.25) is 0 Å². The highest BCUT2D eigenvalue weighted by Crippen LogP contribution is 2.32. The number of ether oxygens (including phenoxy) is 2. The Labute approximate surface area is 105 Å². The minimum Gasteiger partial charge on any atom is -0.497 e. The minimum absolute atomic E-state index is 0.579. The van der Waals surface area contributed by atoms with Crippen molar-refractivity contribution in [1.29, 1.82) is 0 Å². The van der Waals surface area contributed by atoms with Crippen LogP contribution in [0, 0.1) is 0 Å². The highest BCUT2D eigenvalue weighted by molar-refractivity contribution is 5.72. The van der Waals surface area contributed by atoms with E-state index in [1.54, 1.807) is 31.2 Å². The summed E-state index contributed by atoms with van der Waals surface area (Å²) in [5.74, 6) is 1.99. The molecular weight excluding hydrogens is 232 g/mol. The first-order valence-corrected chi connectivity index (χ1v) is 5.42. The fourth-order valence-electron chi connectivity index (χ4n) is 1.63. The molecule has 6 heteroatoms. The number of nitrogen functional groups attached to an aromatic ring is 1. The number of aromatic nitrogens is 2. The van der Waals surface area contributed by atoms with Crippen molar-refractivity contribution in [1.82, 2.24) is 9.78 Å². The Morgan fingerprint density at radius 3 is 2.61 bits per heavy atom. The van der Waals surface area contributed by atoms with Gasteiger partial charge in [-0.2, -0.15) is 5.10 Å². The Bertz CT molecular complexity index is 551. The lowest BCUT2D eigenvalue weighted by molar-refractivity contribution is 0.395. The quantitative estimate of drug-likeness (QED) is 0.862. The molecule has 0 fully saturated rings. The van der Waals surface area contributed by atoms with Crippen molar-refractivity contribution in [3.63, 3.8) is 0 Å². The number of aryl methyl sites for hydroxylation is 1. The van der Waals surface area contributed by atoms with E-state index in [4.69, 9.17) is 15.2 Å². The van der Waals surface area contributed by atoms with Crippen LogP contribution in [0.2, 0.25) is 0 Å². The number of methoxy groups -OCH3 is 2. The third kappa shape index (κ3) is 2.32. The Morgan fingerprint density at radius 1 is 1.28 bits per heavy atom. The van der Waals surface area contributed by atoms with Gasteiger partial charge < -0.3 is 20.5 Å². The maximum absolute atomic E-state index is 5.83. The van der Waals surface area contributed by atoms with E-state index in [0.29, 0.717) is 17.3 Å². The summed E-state index contributed by atoms with van der Waals surface area (Å²) in [5, 5.41) is 7.34. The average Bonchev–Trinajstić information content (AvgIpc) is 2.68. The van der Waals surface area contributed by atoms with Gasteiger partial charge in [0.15, 0.2) is 5.82 Å². The van der Waals surface area contributed by atoms with Crippen molar-refractivity contribution in [2.24, 2.45) is 7.05 Å². The largest absolute Gasteiger partial charge is 0.497 e. The molecule has 96 valence electrons. The van der Waals surface area contributed by atoms with Crippen LogP contribution in [-0.4, -0.2) is 24.0 Å². The molecule has 0 unspecified atom stereocenters. The van der Waals surface area contributed by atoms with Crippen LogP contribution in [-0.2, 0) is 7.05 Å². The first-order valence-electron chi connectivity index (χ1n) is 5.42. The summed E-state index contributed by atoms with van der Waals surface area (Å²) in [5.41, 5.74) is 7.19. The minimum atomic E-state index is 0.579. The summed E-state index contributed by atoms with van der Waals surface area (Å²) in [7, 11) is 5.02. The molecule has 18 heavy (non-hydrogen) atoms. The predicted octanol–water partition coefficient (Wildman–Crippen LogP) is 1.76. The van der Waals surface area contributed by atoms with Crippen LogP contribution in [0.25, 0.3) is 0 Å². The van der Waals surface area contributed by atoms with Gasteiger partial charge in [0.05, 0.1) is 25.6 Å². The smallest absolute Gasteiger partial charge is 0.175 e. The molecule has 6 nitrogen and oxygen atoms in total. The van der Waals surface area contributed by atoms with Crippen molar-refractivity contribution in [2.45, 2.75) is 0 Å². The van der Waals surface area contributed by atoms with Crippen LogP contribution in [0.3, 0.4) is 0 Å². The zero-order valence-corrected chi connectivity index (χ0v) is 10.6. The molecule has 2 aromatic rings. The first kappa shape index (κ1) is 12.1. The van der Waals surface area contributed by atoms with Crippen LogP contribution < -0.4 is 20.5 Å². The van der Waals surface area contributed by atoms with Gasteiger partial charge in [-0.15, -0.1) is 0 Å². The van der Waals surface area contributed by atoms with Crippen molar-refractivity contribution in [2.75, 3.05) is 25.3 Å². The second-order valence-corrected chi connectivity index (χ2v) is 3.80. The van der Waals surface area contributed by atoms with Gasteiger partial charge in [-0.25, -0.2) is 0 Å².